The van der Waals surface area contributed by atoms with Crippen molar-refractivity contribution in [2.75, 3.05) is 0 Å². The van der Waals surface area contributed by atoms with Crippen LogP contribution in [0.25, 0.3) is 0 Å². The van der Waals surface area contributed by atoms with Gasteiger partial charge in [-0.3, -0.25) is 9.59 Å². The van der Waals surface area contributed by atoms with Crippen LogP contribution in [-0.2, 0) is 29.0 Å². The van der Waals surface area contributed by atoms with Crippen LogP contribution in [0.2, 0.25) is 5.02 Å². The molecule has 0 unspecified atom stereocenters. The van der Waals surface area contributed by atoms with Gasteiger partial charge in [-0.15, -0.1) is 0 Å². The average molecular weight is 477 g/mol. The second-order valence-corrected chi connectivity index (χ2v) is 9.21. The Morgan fingerprint density at radius 1 is 0.912 bits per heavy atom. The smallest absolute Gasteiger partial charge is 0.243 e. The molecule has 0 aromatic heterocycles. The van der Waals surface area contributed by atoms with Crippen LogP contribution in [0.15, 0.2) is 78.9 Å². The maximum absolute atomic E-state index is 13.7. The van der Waals surface area contributed by atoms with Crippen LogP contribution in [0.5, 0.6) is 0 Å². The van der Waals surface area contributed by atoms with Gasteiger partial charge in [0.1, 0.15) is 6.04 Å². The molecule has 0 radical (unpaired) electrons. The molecule has 4 nitrogen and oxygen atoms in total. The molecule has 0 saturated heterocycles. The topological polar surface area (TPSA) is 49.4 Å². The predicted octanol–water partition coefficient (Wildman–Crippen LogP) is 5.75. The standard InChI is InChI=1S/C29H33ClN2O2/c1-4-22(3)31-29(34)27(18-23-10-6-5-7-11-23)32(20-25-12-8-9-13-26(25)30)28(33)19-24-16-14-21(2)15-17-24/h5-17,22,27H,4,18-20H2,1-3H3,(H,31,34)/t22-,27+/m0/s1. The molecule has 0 bridgehead atoms. The number of rotatable bonds is 10. The first-order chi connectivity index (χ1) is 16.4. The number of hydrogen-bond donors (Lipinski definition) is 1. The maximum atomic E-state index is 13.7. The molecule has 1 N–H and O–H groups in total. The van der Waals surface area contributed by atoms with Crippen molar-refractivity contribution >= 4 is 23.4 Å². The summed E-state index contributed by atoms with van der Waals surface area (Å²) in [4.78, 5) is 28.9. The van der Waals surface area contributed by atoms with Gasteiger partial charge in [-0.2, -0.15) is 0 Å². The van der Waals surface area contributed by atoms with E-state index in [9.17, 15) is 9.59 Å². The summed E-state index contributed by atoms with van der Waals surface area (Å²) in [5.74, 6) is -0.258. The van der Waals surface area contributed by atoms with Gasteiger partial charge in [0, 0.05) is 24.0 Å². The summed E-state index contributed by atoms with van der Waals surface area (Å²) in [6, 6.07) is 24.6. The zero-order chi connectivity index (χ0) is 24.5. The number of nitrogens with zero attached hydrogens (tertiary/aromatic N) is 1. The van der Waals surface area contributed by atoms with E-state index in [1.807, 2.05) is 99.6 Å². The number of hydrogen-bond acceptors (Lipinski definition) is 2. The Balaban J connectivity index is 1.97. The molecule has 0 fully saturated rings. The van der Waals surface area contributed by atoms with Crippen LogP contribution in [0.1, 0.15) is 42.5 Å². The van der Waals surface area contributed by atoms with Gasteiger partial charge < -0.3 is 10.2 Å². The van der Waals surface area contributed by atoms with Crippen LogP contribution >= 0.6 is 11.6 Å². The first kappa shape index (κ1) is 25.5. The van der Waals surface area contributed by atoms with E-state index >= 15 is 0 Å². The Morgan fingerprint density at radius 3 is 2.21 bits per heavy atom. The second kappa shape index (κ2) is 12.4. The van der Waals surface area contributed by atoms with E-state index in [0.29, 0.717) is 11.4 Å². The predicted molar refractivity (Wildman–Crippen MR) is 139 cm³/mol. The van der Waals surface area contributed by atoms with Crippen molar-refractivity contribution in [3.05, 3.63) is 106 Å². The average Bonchev–Trinajstić information content (AvgIpc) is 2.84. The lowest BCUT2D eigenvalue weighted by Crippen LogP contribution is -2.52. The second-order valence-electron chi connectivity index (χ2n) is 8.80. The van der Waals surface area contributed by atoms with Gasteiger partial charge in [-0.05, 0) is 43.0 Å². The Kier molecular flexibility index (Phi) is 9.29. The summed E-state index contributed by atoms with van der Waals surface area (Å²) in [7, 11) is 0. The summed E-state index contributed by atoms with van der Waals surface area (Å²) in [6.07, 6.45) is 1.45. The number of nitrogens with one attached hydrogen (secondary N) is 1. The monoisotopic (exact) mass is 476 g/mol. The van der Waals surface area contributed by atoms with Crippen molar-refractivity contribution in [2.24, 2.45) is 0 Å². The Labute approximate surface area is 207 Å². The van der Waals surface area contributed by atoms with Gasteiger partial charge in [0.25, 0.3) is 0 Å². The normalized spacial score (nSPS) is 12.6. The van der Waals surface area contributed by atoms with Crippen LogP contribution in [0, 0.1) is 6.92 Å². The first-order valence-electron chi connectivity index (χ1n) is 11.8. The van der Waals surface area contributed by atoms with E-state index in [1.54, 1.807) is 4.90 Å². The Morgan fingerprint density at radius 2 is 1.56 bits per heavy atom. The summed E-state index contributed by atoms with van der Waals surface area (Å²) in [6.45, 7) is 6.28. The zero-order valence-electron chi connectivity index (χ0n) is 20.1. The van der Waals surface area contributed by atoms with Gasteiger partial charge >= 0.3 is 0 Å². The van der Waals surface area contributed by atoms with Crippen molar-refractivity contribution in [1.29, 1.82) is 0 Å². The number of benzene rings is 3. The molecule has 34 heavy (non-hydrogen) atoms. The van der Waals surface area contributed by atoms with Gasteiger partial charge in [-0.1, -0.05) is 96.9 Å². The quantitative estimate of drug-likeness (QED) is 0.405. The van der Waals surface area contributed by atoms with Crippen molar-refractivity contribution in [1.82, 2.24) is 10.2 Å². The highest BCUT2D eigenvalue weighted by Crippen LogP contribution is 2.21. The number of halogens is 1. The number of carbonyl (C=O) groups excluding carboxylic acids is 2. The van der Waals surface area contributed by atoms with E-state index in [-0.39, 0.29) is 30.8 Å². The first-order valence-corrected chi connectivity index (χ1v) is 12.2. The van der Waals surface area contributed by atoms with Crippen LogP contribution in [-0.4, -0.2) is 28.8 Å². The van der Waals surface area contributed by atoms with E-state index in [2.05, 4.69) is 5.32 Å². The highest BCUT2D eigenvalue weighted by molar-refractivity contribution is 6.31. The van der Waals surface area contributed by atoms with E-state index in [4.69, 9.17) is 11.6 Å². The fourth-order valence-electron chi connectivity index (χ4n) is 3.79. The maximum Gasteiger partial charge on any atom is 0.243 e. The molecular formula is C29H33ClN2O2. The zero-order valence-corrected chi connectivity index (χ0v) is 20.9. The Hall–Kier alpha value is -3.11. The highest BCUT2D eigenvalue weighted by Gasteiger charge is 2.31. The molecule has 0 spiro atoms. The third kappa shape index (κ3) is 7.19. The summed E-state index contributed by atoms with van der Waals surface area (Å²) >= 11 is 6.46. The SMILES string of the molecule is CC[C@H](C)NC(=O)[C@@H](Cc1ccccc1)N(Cc1ccccc1Cl)C(=O)Cc1ccc(C)cc1. The molecule has 0 aliphatic carbocycles. The molecule has 2 atom stereocenters. The lowest BCUT2D eigenvalue weighted by molar-refractivity contribution is -0.141. The van der Waals surface area contributed by atoms with Crippen LogP contribution < -0.4 is 5.32 Å². The van der Waals surface area contributed by atoms with Crippen molar-refractivity contribution in [3.8, 4) is 0 Å². The summed E-state index contributed by atoms with van der Waals surface area (Å²) < 4.78 is 0. The van der Waals surface area contributed by atoms with Crippen molar-refractivity contribution in [3.63, 3.8) is 0 Å². The van der Waals surface area contributed by atoms with Gasteiger partial charge in [0.15, 0.2) is 0 Å². The van der Waals surface area contributed by atoms with E-state index in [1.165, 1.54) is 0 Å². The summed E-state index contributed by atoms with van der Waals surface area (Å²) in [5, 5.41) is 3.67. The molecule has 3 rings (SSSR count). The van der Waals surface area contributed by atoms with Crippen molar-refractivity contribution in [2.45, 2.75) is 58.7 Å². The largest absolute Gasteiger partial charge is 0.352 e. The molecule has 0 saturated carbocycles. The molecule has 0 aliphatic rings. The highest BCUT2D eigenvalue weighted by atomic mass is 35.5. The fraction of sp³-hybridized carbons (Fsp3) is 0.310. The molecule has 178 valence electrons. The third-order valence-electron chi connectivity index (χ3n) is 6.05. The minimum atomic E-state index is -0.661. The van der Waals surface area contributed by atoms with Crippen LogP contribution in [0.4, 0.5) is 0 Å². The minimum absolute atomic E-state index is 0.0140. The molecule has 0 heterocycles. The fourth-order valence-corrected chi connectivity index (χ4v) is 3.98. The molecule has 5 heteroatoms. The van der Waals surface area contributed by atoms with Crippen LogP contribution in [0.3, 0.4) is 0 Å². The summed E-state index contributed by atoms with van der Waals surface area (Å²) in [5.41, 5.74) is 3.87. The van der Waals surface area contributed by atoms with Gasteiger partial charge in [0.2, 0.25) is 11.8 Å². The number of amides is 2. The lowest BCUT2D eigenvalue weighted by Gasteiger charge is -2.32. The molecule has 3 aromatic carbocycles. The number of carbonyl (C=O) groups is 2. The van der Waals surface area contributed by atoms with Crippen molar-refractivity contribution < 1.29 is 9.59 Å². The molecule has 2 amide bonds. The molecule has 0 aliphatic heterocycles. The third-order valence-corrected chi connectivity index (χ3v) is 6.42. The number of aryl methyl sites for hydroxylation is 1. The molecular weight excluding hydrogens is 444 g/mol. The van der Waals surface area contributed by atoms with E-state index < -0.39 is 6.04 Å². The van der Waals surface area contributed by atoms with E-state index in [0.717, 1.165) is 28.7 Å². The molecule has 3 aromatic rings. The minimum Gasteiger partial charge on any atom is -0.352 e. The lowest BCUT2D eigenvalue weighted by atomic mass is 10.0. The van der Waals surface area contributed by atoms with Gasteiger partial charge in [0.05, 0.1) is 6.42 Å². The van der Waals surface area contributed by atoms with Gasteiger partial charge in [-0.25, -0.2) is 0 Å². The Bertz CT molecular complexity index is 1080.